The van der Waals surface area contributed by atoms with Gasteiger partial charge in [-0.1, -0.05) is 55.7 Å². The van der Waals surface area contributed by atoms with Gasteiger partial charge in [-0.05, 0) is 61.3 Å². The molecule has 0 spiro atoms. The summed E-state index contributed by atoms with van der Waals surface area (Å²) in [6.07, 6.45) is 6.19. The van der Waals surface area contributed by atoms with Gasteiger partial charge in [-0.25, -0.2) is 13.3 Å². The van der Waals surface area contributed by atoms with E-state index >= 15 is 8.78 Å². The fourth-order valence-corrected chi connectivity index (χ4v) is 5.58. The predicted octanol–water partition coefficient (Wildman–Crippen LogP) is 8.69. The molecule has 3 aromatic carbocycles. The molecule has 36 heavy (non-hydrogen) atoms. The second-order valence-corrected chi connectivity index (χ2v) is 9.81. The number of benzene rings is 3. The number of halogens is 2. The van der Waals surface area contributed by atoms with Crippen LogP contribution < -0.4 is 4.57 Å². The second kappa shape index (κ2) is 8.85. The molecule has 0 radical (unpaired) electrons. The summed E-state index contributed by atoms with van der Waals surface area (Å²) in [5.41, 5.74) is 4.31. The molecular formula is C32H30F2NO+. The maximum Gasteiger partial charge on any atom is 0.219 e. The number of fused-ring (bicyclic) bond motifs is 3. The molecule has 2 aromatic heterocycles. The average Bonchev–Trinajstić information content (AvgIpc) is 3.28. The van der Waals surface area contributed by atoms with Crippen LogP contribution in [0.25, 0.3) is 44.3 Å². The Balaban J connectivity index is 1.53. The van der Waals surface area contributed by atoms with E-state index in [4.69, 9.17) is 9.90 Å². The maximum absolute atomic E-state index is 15.4. The quantitative estimate of drug-likeness (QED) is 0.233. The van der Waals surface area contributed by atoms with Crippen molar-refractivity contribution in [3.8, 4) is 22.4 Å². The monoisotopic (exact) mass is 486 g/mol. The SMILES string of the molecule is [2H]C([2H])([2H])c1c[n+](C)c(-c2c(C)ccc3c2oc2c(-c4ccc(C5([2H])CCCCC5)cc4)c(F)ccc23)cc1F. The molecule has 0 amide bonds. The van der Waals surface area contributed by atoms with Gasteiger partial charge in [0, 0.05) is 27.9 Å². The number of hydrogen-bond donors (Lipinski definition) is 0. The molecule has 182 valence electrons. The highest BCUT2D eigenvalue weighted by atomic mass is 19.1. The normalized spacial score (nSPS) is 17.6. The van der Waals surface area contributed by atoms with Crippen LogP contribution in [0.15, 0.2) is 65.2 Å². The Morgan fingerprint density at radius 1 is 0.861 bits per heavy atom. The van der Waals surface area contributed by atoms with Crippen molar-refractivity contribution in [1.82, 2.24) is 0 Å². The molecule has 0 saturated heterocycles. The first kappa shape index (κ1) is 18.7. The third kappa shape index (κ3) is 3.71. The largest absolute Gasteiger partial charge is 0.454 e. The van der Waals surface area contributed by atoms with Gasteiger partial charge in [0.15, 0.2) is 6.20 Å². The lowest BCUT2D eigenvalue weighted by Gasteiger charge is -2.22. The van der Waals surface area contributed by atoms with E-state index in [1.54, 1.807) is 17.7 Å². The van der Waals surface area contributed by atoms with E-state index in [1.807, 2.05) is 43.3 Å². The first-order chi connectivity index (χ1) is 19.0. The Kier molecular flexibility index (Phi) is 4.59. The number of aryl methyl sites for hydroxylation is 3. The Labute approximate surface area is 215 Å². The minimum Gasteiger partial charge on any atom is -0.454 e. The molecule has 0 N–H and O–H groups in total. The molecule has 5 aromatic rings. The Hall–Kier alpha value is -3.53. The number of rotatable bonds is 3. The molecular weight excluding hydrogens is 452 g/mol. The van der Waals surface area contributed by atoms with E-state index in [2.05, 4.69) is 0 Å². The van der Waals surface area contributed by atoms with Crippen molar-refractivity contribution >= 4 is 21.9 Å². The molecule has 1 fully saturated rings. The summed E-state index contributed by atoms with van der Waals surface area (Å²) in [6.45, 7) is -0.709. The van der Waals surface area contributed by atoms with E-state index < -0.39 is 24.4 Å². The highest BCUT2D eigenvalue weighted by molar-refractivity contribution is 6.13. The summed E-state index contributed by atoms with van der Waals surface area (Å²) in [7, 11) is 1.67. The first-order valence-electron chi connectivity index (χ1n) is 14.4. The predicted molar refractivity (Wildman–Crippen MR) is 141 cm³/mol. The van der Waals surface area contributed by atoms with Crippen molar-refractivity contribution in [1.29, 1.82) is 0 Å². The van der Waals surface area contributed by atoms with Crippen LogP contribution in [0.2, 0.25) is 0 Å². The fourth-order valence-electron chi connectivity index (χ4n) is 5.58. The molecule has 1 saturated carbocycles. The minimum absolute atomic E-state index is 0.333. The molecule has 0 bridgehead atoms. The van der Waals surface area contributed by atoms with E-state index in [9.17, 15) is 0 Å². The van der Waals surface area contributed by atoms with Crippen LogP contribution in [0, 0.1) is 25.4 Å². The molecule has 1 aliphatic rings. The van der Waals surface area contributed by atoms with Crippen molar-refractivity contribution in [2.24, 2.45) is 7.05 Å². The zero-order valence-corrected chi connectivity index (χ0v) is 20.4. The van der Waals surface area contributed by atoms with Crippen LogP contribution in [-0.2, 0) is 7.05 Å². The smallest absolute Gasteiger partial charge is 0.219 e. The number of hydrogen-bond acceptors (Lipinski definition) is 1. The summed E-state index contributed by atoms with van der Waals surface area (Å²) in [6, 6.07) is 15.7. The summed E-state index contributed by atoms with van der Waals surface area (Å²) in [5.74, 6) is -1.85. The Morgan fingerprint density at radius 3 is 2.28 bits per heavy atom. The van der Waals surface area contributed by atoms with Gasteiger partial charge in [0.25, 0.3) is 0 Å². The van der Waals surface area contributed by atoms with E-state index in [0.29, 0.717) is 33.6 Å². The number of pyridine rings is 1. The van der Waals surface area contributed by atoms with Gasteiger partial charge >= 0.3 is 0 Å². The topological polar surface area (TPSA) is 17.0 Å². The van der Waals surface area contributed by atoms with Crippen molar-refractivity contribution in [3.05, 3.63) is 89.1 Å². The third-order valence-corrected chi connectivity index (χ3v) is 7.49. The van der Waals surface area contributed by atoms with Crippen molar-refractivity contribution < 1.29 is 23.2 Å². The molecule has 2 heterocycles. The van der Waals surface area contributed by atoms with Crippen LogP contribution in [0.3, 0.4) is 0 Å². The van der Waals surface area contributed by atoms with Gasteiger partial charge < -0.3 is 4.42 Å². The van der Waals surface area contributed by atoms with Gasteiger partial charge in [0.05, 0.1) is 11.1 Å². The molecule has 6 rings (SSSR count). The highest BCUT2D eigenvalue weighted by Crippen LogP contribution is 2.42. The molecule has 0 aliphatic heterocycles. The van der Waals surface area contributed by atoms with Crippen molar-refractivity contribution in [2.75, 3.05) is 0 Å². The van der Waals surface area contributed by atoms with Gasteiger partial charge in [0.1, 0.15) is 29.8 Å². The van der Waals surface area contributed by atoms with E-state index in [-0.39, 0.29) is 5.56 Å². The molecule has 0 atom stereocenters. The molecule has 2 nitrogen and oxygen atoms in total. The standard InChI is InChI=1S/C32H30F2NO/c1-19-9-14-24-25-15-16-26(33)30(23-12-10-22(11-13-23)21-7-5-4-6-8-21)32(25)36-31(24)29(19)28-17-27(34)20(2)18-35(28)3/h9-18,21H,4-8H2,1-3H3/q+1/i2D3,21D. The number of nitrogens with zero attached hydrogens (tertiary/aromatic N) is 1. The Morgan fingerprint density at radius 2 is 1.56 bits per heavy atom. The summed E-state index contributed by atoms with van der Waals surface area (Å²) >= 11 is 0. The lowest BCUT2D eigenvalue weighted by Crippen LogP contribution is -2.31. The third-order valence-electron chi connectivity index (χ3n) is 7.49. The molecule has 1 aliphatic carbocycles. The zero-order valence-electron chi connectivity index (χ0n) is 24.4. The lowest BCUT2D eigenvalue weighted by atomic mass is 9.83. The fraction of sp³-hybridized carbons (Fsp3) is 0.281. The highest BCUT2D eigenvalue weighted by Gasteiger charge is 2.24. The Bertz CT molecular complexity index is 1770. The van der Waals surface area contributed by atoms with Crippen LogP contribution in [0.1, 0.15) is 60.2 Å². The van der Waals surface area contributed by atoms with Gasteiger partial charge in [-0.3, -0.25) is 0 Å². The number of aromatic nitrogens is 1. The van der Waals surface area contributed by atoms with Gasteiger partial charge in [0.2, 0.25) is 5.69 Å². The summed E-state index contributed by atoms with van der Waals surface area (Å²) < 4.78 is 70.4. The lowest BCUT2D eigenvalue weighted by molar-refractivity contribution is -0.661. The van der Waals surface area contributed by atoms with Crippen LogP contribution in [-0.4, -0.2) is 0 Å². The first-order valence-corrected chi connectivity index (χ1v) is 12.4. The molecule has 0 unspecified atom stereocenters. The average molecular weight is 487 g/mol. The minimum atomic E-state index is -2.58. The molecule has 4 heteroatoms. The van der Waals surface area contributed by atoms with Gasteiger partial charge in [-0.2, -0.15) is 0 Å². The van der Waals surface area contributed by atoms with Crippen LogP contribution >= 0.6 is 0 Å². The van der Waals surface area contributed by atoms with Gasteiger partial charge in [-0.15, -0.1) is 0 Å². The van der Waals surface area contributed by atoms with Crippen LogP contribution in [0.5, 0.6) is 0 Å². The summed E-state index contributed by atoms with van der Waals surface area (Å²) in [4.78, 5) is 0. The van der Waals surface area contributed by atoms with E-state index in [1.165, 1.54) is 18.3 Å². The van der Waals surface area contributed by atoms with Crippen molar-refractivity contribution in [2.45, 2.75) is 51.8 Å². The van der Waals surface area contributed by atoms with Crippen molar-refractivity contribution in [3.63, 3.8) is 0 Å². The zero-order chi connectivity index (χ0) is 28.4. The second-order valence-electron chi connectivity index (χ2n) is 9.81. The maximum atomic E-state index is 15.4. The van der Waals surface area contributed by atoms with Crippen LogP contribution in [0.4, 0.5) is 8.78 Å². The number of furan rings is 1. The summed E-state index contributed by atoms with van der Waals surface area (Å²) in [5, 5.41) is 1.48. The van der Waals surface area contributed by atoms with E-state index in [0.717, 1.165) is 54.0 Å².